The van der Waals surface area contributed by atoms with Crippen molar-refractivity contribution >= 4 is 11.9 Å². The highest BCUT2D eigenvalue weighted by molar-refractivity contribution is 5.94. The molecule has 3 aromatic carbocycles. The number of carboxylic acid groups (broad SMARTS) is 1. The van der Waals surface area contributed by atoms with Crippen molar-refractivity contribution in [3.8, 4) is 16.9 Å². The Labute approximate surface area is 220 Å². The number of rotatable bonds is 10. The van der Waals surface area contributed by atoms with E-state index in [2.05, 4.69) is 19.2 Å². The highest BCUT2D eigenvalue weighted by atomic mass is 19.4. The summed E-state index contributed by atoms with van der Waals surface area (Å²) in [5.74, 6) is -0.431. The van der Waals surface area contributed by atoms with Crippen molar-refractivity contribution in [3.05, 3.63) is 88.5 Å². The van der Waals surface area contributed by atoms with Gasteiger partial charge in [-0.1, -0.05) is 38.1 Å². The Kier molecular flexibility index (Phi) is 9.20. The van der Waals surface area contributed by atoms with Crippen LogP contribution in [0.4, 0.5) is 13.2 Å². The smallest absolute Gasteiger partial charge is 0.416 e. The van der Waals surface area contributed by atoms with Gasteiger partial charge in [0.2, 0.25) is 0 Å². The molecular weight excluding hydrogens is 495 g/mol. The first-order valence-electron chi connectivity index (χ1n) is 12.4. The van der Waals surface area contributed by atoms with Gasteiger partial charge in [0.15, 0.2) is 0 Å². The Morgan fingerprint density at radius 3 is 2.03 bits per heavy atom. The number of carbonyl (C=O) groups is 2. The molecule has 0 aliphatic rings. The molecule has 5 nitrogen and oxygen atoms in total. The van der Waals surface area contributed by atoms with Gasteiger partial charge in [0.1, 0.15) is 11.9 Å². The number of hydrogen-bond donors (Lipinski definition) is 2. The van der Waals surface area contributed by atoms with Gasteiger partial charge in [0.05, 0.1) is 12.0 Å². The molecule has 0 bridgehead atoms. The van der Waals surface area contributed by atoms with Crippen molar-refractivity contribution in [3.63, 3.8) is 0 Å². The maximum absolute atomic E-state index is 13.0. The molecule has 2 N–H and O–H groups in total. The molecule has 3 aromatic rings. The van der Waals surface area contributed by atoms with Crippen LogP contribution in [0.2, 0.25) is 0 Å². The molecule has 1 unspecified atom stereocenters. The van der Waals surface area contributed by atoms with E-state index in [0.29, 0.717) is 17.2 Å². The maximum Gasteiger partial charge on any atom is 0.416 e. The number of alkyl halides is 3. The number of hydrogen-bond acceptors (Lipinski definition) is 3. The van der Waals surface area contributed by atoms with Crippen molar-refractivity contribution < 1.29 is 32.6 Å². The molecule has 0 fully saturated rings. The van der Waals surface area contributed by atoms with Crippen molar-refractivity contribution in [2.24, 2.45) is 5.92 Å². The molecule has 3 rings (SSSR count). The minimum Gasteiger partial charge on any atom is -0.486 e. The molecule has 0 radical (unpaired) electrons. The van der Waals surface area contributed by atoms with Gasteiger partial charge < -0.3 is 15.2 Å². The van der Waals surface area contributed by atoms with Gasteiger partial charge in [-0.05, 0) is 90.4 Å². The summed E-state index contributed by atoms with van der Waals surface area (Å²) in [4.78, 5) is 22.8. The lowest BCUT2D eigenvalue weighted by Crippen LogP contribution is -2.25. The Balaban J connectivity index is 1.81. The largest absolute Gasteiger partial charge is 0.486 e. The van der Waals surface area contributed by atoms with Crippen molar-refractivity contribution in [2.45, 2.75) is 52.8 Å². The van der Waals surface area contributed by atoms with Gasteiger partial charge >= 0.3 is 12.1 Å². The fourth-order valence-electron chi connectivity index (χ4n) is 4.38. The van der Waals surface area contributed by atoms with Crippen LogP contribution in [0.3, 0.4) is 0 Å². The van der Waals surface area contributed by atoms with E-state index in [0.717, 1.165) is 46.4 Å². The molecule has 0 saturated heterocycles. The first-order chi connectivity index (χ1) is 17.8. The molecule has 38 heavy (non-hydrogen) atoms. The van der Waals surface area contributed by atoms with Crippen molar-refractivity contribution in [1.82, 2.24) is 5.32 Å². The fraction of sp³-hybridized carbons (Fsp3) is 0.333. The van der Waals surface area contributed by atoms with Crippen molar-refractivity contribution in [1.29, 1.82) is 0 Å². The number of ether oxygens (including phenoxy) is 1. The van der Waals surface area contributed by atoms with E-state index in [1.807, 2.05) is 26.0 Å². The van der Waals surface area contributed by atoms with E-state index in [-0.39, 0.29) is 25.0 Å². The molecule has 0 spiro atoms. The van der Waals surface area contributed by atoms with Crippen LogP contribution in [0.5, 0.6) is 5.75 Å². The topological polar surface area (TPSA) is 75.6 Å². The molecule has 8 heteroatoms. The zero-order chi connectivity index (χ0) is 28.0. The minimum atomic E-state index is -4.38. The van der Waals surface area contributed by atoms with Crippen LogP contribution >= 0.6 is 0 Å². The van der Waals surface area contributed by atoms with E-state index in [9.17, 15) is 22.8 Å². The summed E-state index contributed by atoms with van der Waals surface area (Å²) >= 11 is 0. The van der Waals surface area contributed by atoms with Crippen molar-refractivity contribution in [2.75, 3.05) is 6.54 Å². The van der Waals surface area contributed by atoms with Gasteiger partial charge in [-0.3, -0.25) is 9.59 Å². The molecular formula is C30H32F3NO4. The van der Waals surface area contributed by atoms with E-state index >= 15 is 0 Å². The number of carbonyl (C=O) groups excluding carboxylic acids is 1. The van der Waals surface area contributed by atoms with E-state index in [1.54, 1.807) is 24.3 Å². The highest BCUT2D eigenvalue weighted by Crippen LogP contribution is 2.36. The zero-order valence-corrected chi connectivity index (χ0v) is 21.9. The molecule has 0 aliphatic heterocycles. The number of halogens is 3. The van der Waals surface area contributed by atoms with E-state index in [1.165, 1.54) is 12.1 Å². The van der Waals surface area contributed by atoms with Crippen LogP contribution in [0.25, 0.3) is 11.1 Å². The average molecular weight is 528 g/mol. The lowest BCUT2D eigenvalue weighted by Gasteiger charge is -2.24. The standard InChI is InChI=1S/C30H32F3NO4/c1-18(2)15-26(38-25-11-7-22(8-12-25)29(37)34-14-13-27(35)36)23-16-19(3)28(20(4)17-23)21-5-9-24(10-6-21)30(31,32)33/h5-12,16-18,26H,13-15H2,1-4H3,(H,34,37)(H,35,36). The third-order valence-electron chi connectivity index (χ3n) is 6.13. The molecule has 0 saturated carbocycles. The van der Waals surface area contributed by atoms with Crippen LogP contribution in [0.1, 0.15) is 65.4 Å². The Morgan fingerprint density at radius 1 is 0.947 bits per heavy atom. The van der Waals surface area contributed by atoms with Gasteiger partial charge in [-0.15, -0.1) is 0 Å². The Morgan fingerprint density at radius 2 is 1.53 bits per heavy atom. The van der Waals surface area contributed by atoms with Crippen LogP contribution in [-0.4, -0.2) is 23.5 Å². The monoisotopic (exact) mass is 527 g/mol. The molecule has 202 valence electrons. The van der Waals surface area contributed by atoms with Gasteiger partial charge in [0, 0.05) is 12.1 Å². The average Bonchev–Trinajstić information content (AvgIpc) is 2.83. The number of aryl methyl sites for hydroxylation is 2. The number of benzene rings is 3. The first-order valence-corrected chi connectivity index (χ1v) is 12.4. The van der Waals surface area contributed by atoms with Crippen LogP contribution < -0.4 is 10.1 Å². The predicted octanol–water partition coefficient (Wildman–Crippen LogP) is 7.36. The molecule has 1 amide bonds. The van der Waals surface area contributed by atoms with E-state index < -0.39 is 17.7 Å². The molecule has 0 heterocycles. The van der Waals surface area contributed by atoms with Crippen LogP contribution in [-0.2, 0) is 11.0 Å². The summed E-state index contributed by atoms with van der Waals surface area (Å²) in [6.07, 6.45) is -4.07. The predicted molar refractivity (Wildman–Crippen MR) is 140 cm³/mol. The molecule has 0 aliphatic carbocycles. The number of carboxylic acids is 1. The number of amides is 1. The second kappa shape index (κ2) is 12.2. The minimum absolute atomic E-state index is 0.0457. The zero-order valence-electron chi connectivity index (χ0n) is 21.9. The summed E-state index contributed by atoms with van der Waals surface area (Å²) < 4.78 is 45.3. The van der Waals surface area contributed by atoms with E-state index in [4.69, 9.17) is 9.84 Å². The maximum atomic E-state index is 13.0. The van der Waals surface area contributed by atoms with Gasteiger partial charge in [-0.25, -0.2) is 0 Å². The summed E-state index contributed by atoms with van der Waals surface area (Å²) in [5, 5.41) is 11.3. The Hall–Kier alpha value is -3.81. The lowest BCUT2D eigenvalue weighted by molar-refractivity contribution is -0.138. The SMILES string of the molecule is Cc1cc(C(CC(C)C)Oc2ccc(C(=O)NCCC(=O)O)cc2)cc(C)c1-c1ccc(C(F)(F)F)cc1. The second-order valence-electron chi connectivity index (χ2n) is 9.76. The summed E-state index contributed by atoms with van der Waals surface area (Å²) in [6.45, 7) is 8.11. The van der Waals surface area contributed by atoms with Gasteiger partial charge in [0.25, 0.3) is 5.91 Å². The summed E-state index contributed by atoms with van der Waals surface area (Å²) in [6, 6.07) is 15.9. The Bertz CT molecular complexity index is 1240. The third-order valence-corrected chi connectivity index (χ3v) is 6.13. The summed E-state index contributed by atoms with van der Waals surface area (Å²) in [5.41, 5.74) is 4.16. The third kappa shape index (κ3) is 7.60. The number of nitrogens with one attached hydrogen (secondary N) is 1. The van der Waals surface area contributed by atoms with Crippen LogP contribution in [0.15, 0.2) is 60.7 Å². The second-order valence-corrected chi connectivity index (χ2v) is 9.76. The highest BCUT2D eigenvalue weighted by Gasteiger charge is 2.30. The number of aliphatic carboxylic acids is 1. The normalized spacial score (nSPS) is 12.3. The lowest BCUT2D eigenvalue weighted by atomic mass is 9.90. The quantitative estimate of drug-likeness (QED) is 0.289. The summed E-state index contributed by atoms with van der Waals surface area (Å²) in [7, 11) is 0. The first kappa shape index (κ1) is 28.8. The van der Waals surface area contributed by atoms with Gasteiger partial charge in [-0.2, -0.15) is 13.2 Å². The molecule has 1 atom stereocenters. The fourth-order valence-corrected chi connectivity index (χ4v) is 4.38. The van der Waals surface area contributed by atoms with Crippen LogP contribution in [0, 0.1) is 19.8 Å². The molecule has 0 aromatic heterocycles.